The predicted molar refractivity (Wildman–Crippen MR) is 313 cm³/mol. The van der Waals surface area contributed by atoms with Gasteiger partial charge in [0.25, 0.3) is 0 Å². The molecule has 0 bridgehead atoms. The summed E-state index contributed by atoms with van der Waals surface area (Å²) in [4.78, 5) is 4.97. The van der Waals surface area contributed by atoms with Gasteiger partial charge in [-0.1, -0.05) is 222 Å². The summed E-state index contributed by atoms with van der Waals surface area (Å²) in [6.45, 7) is 9.66. The number of fused-ring (bicyclic) bond motifs is 6. The van der Waals surface area contributed by atoms with E-state index in [1.807, 2.05) is 0 Å². The normalized spacial score (nSPS) is 13.4. The van der Waals surface area contributed by atoms with Crippen LogP contribution in [0.2, 0.25) is 0 Å². The van der Waals surface area contributed by atoms with Crippen LogP contribution in [0.25, 0.3) is 66.8 Å². The van der Waals surface area contributed by atoms with Crippen molar-refractivity contribution in [2.24, 2.45) is 0 Å². The second-order valence-corrected chi connectivity index (χ2v) is 20.9. The average Bonchev–Trinajstić information content (AvgIpc) is 3.84. The molecule has 0 aliphatic heterocycles. The Bertz CT molecular complexity index is 3660. The van der Waals surface area contributed by atoms with Crippen LogP contribution in [-0.2, 0) is 10.8 Å². The first-order chi connectivity index (χ1) is 36.2. The van der Waals surface area contributed by atoms with E-state index in [4.69, 9.17) is 0 Å². The lowest BCUT2D eigenvalue weighted by Crippen LogP contribution is -2.18. The third-order valence-corrected chi connectivity index (χ3v) is 15.9. The lowest BCUT2D eigenvalue weighted by Gasteiger charge is -2.33. The summed E-state index contributed by atoms with van der Waals surface area (Å²) in [7, 11) is 0. The molecule has 0 amide bonds. The van der Waals surface area contributed by atoms with Crippen LogP contribution in [0.1, 0.15) is 49.9 Å². The van der Waals surface area contributed by atoms with E-state index < -0.39 is 0 Å². The molecule has 0 spiro atoms. The molecular formula is C72H56N2. The highest BCUT2D eigenvalue weighted by Crippen LogP contribution is 2.60. The fourth-order valence-corrected chi connectivity index (χ4v) is 11.9. The van der Waals surface area contributed by atoms with E-state index in [0.29, 0.717) is 0 Å². The number of hydrogen-bond donors (Lipinski definition) is 0. The lowest BCUT2D eigenvalue weighted by atomic mass is 9.79. The zero-order valence-corrected chi connectivity index (χ0v) is 42.3. The van der Waals surface area contributed by atoms with E-state index in [1.54, 1.807) is 0 Å². The third kappa shape index (κ3) is 7.65. The summed E-state index contributed by atoms with van der Waals surface area (Å²) < 4.78 is 0. The van der Waals surface area contributed by atoms with Gasteiger partial charge in [0.05, 0.1) is 5.69 Å². The highest BCUT2D eigenvalue weighted by atomic mass is 15.2. The minimum Gasteiger partial charge on any atom is -0.310 e. The summed E-state index contributed by atoms with van der Waals surface area (Å²) in [5.74, 6) is 0. The maximum atomic E-state index is 2.55. The van der Waals surface area contributed by atoms with Crippen molar-refractivity contribution in [2.45, 2.75) is 38.5 Å². The first-order valence-electron chi connectivity index (χ1n) is 25.9. The molecule has 0 atom stereocenters. The van der Waals surface area contributed by atoms with Gasteiger partial charge in [0.1, 0.15) is 0 Å². The van der Waals surface area contributed by atoms with Gasteiger partial charge in [0.15, 0.2) is 0 Å². The maximum absolute atomic E-state index is 2.55. The van der Waals surface area contributed by atoms with Crippen LogP contribution < -0.4 is 9.80 Å². The molecule has 0 saturated heterocycles. The van der Waals surface area contributed by atoms with Crippen molar-refractivity contribution in [2.75, 3.05) is 9.80 Å². The Morgan fingerprint density at radius 1 is 0.230 bits per heavy atom. The molecule has 2 heteroatoms. The third-order valence-electron chi connectivity index (χ3n) is 15.9. The lowest BCUT2D eigenvalue weighted by molar-refractivity contribution is 0.652. The fraction of sp³-hybridized carbons (Fsp3) is 0.0833. The Morgan fingerprint density at radius 3 is 0.973 bits per heavy atom. The predicted octanol–water partition coefficient (Wildman–Crippen LogP) is 19.9. The van der Waals surface area contributed by atoms with Gasteiger partial charge in [-0.05, 0) is 156 Å². The van der Waals surface area contributed by atoms with Crippen molar-refractivity contribution in [3.8, 4) is 66.8 Å². The Morgan fingerprint density at radius 2 is 0.554 bits per heavy atom. The van der Waals surface area contributed by atoms with E-state index in [1.165, 1.54) is 89.0 Å². The van der Waals surface area contributed by atoms with Crippen molar-refractivity contribution in [3.05, 3.63) is 289 Å². The zero-order chi connectivity index (χ0) is 50.0. The first kappa shape index (κ1) is 44.9. The number of rotatable bonds is 10. The van der Waals surface area contributed by atoms with Crippen molar-refractivity contribution in [3.63, 3.8) is 0 Å². The molecule has 74 heavy (non-hydrogen) atoms. The van der Waals surface area contributed by atoms with Gasteiger partial charge in [-0.3, -0.25) is 0 Å². The monoisotopic (exact) mass is 948 g/mol. The van der Waals surface area contributed by atoms with Gasteiger partial charge in [-0.25, -0.2) is 0 Å². The van der Waals surface area contributed by atoms with Crippen LogP contribution in [0, 0.1) is 0 Å². The molecule has 13 rings (SSSR count). The molecule has 0 heterocycles. The molecule has 0 aromatic heterocycles. The molecule has 2 nitrogen and oxygen atoms in total. The van der Waals surface area contributed by atoms with Crippen LogP contribution in [-0.4, -0.2) is 0 Å². The Hall–Kier alpha value is -8.98. The van der Waals surface area contributed by atoms with Crippen LogP contribution in [0.15, 0.2) is 267 Å². The molecule has 0 fully saturated rings. The van der Waals surface area contributed by atoms with Crippen molar-refractivity contribution in [1.29, 1.82) is 0 Å². The standard InChI is InChI=1S/C72H56N2/c1-71(2)65-28-18-17-27-62(65)63-47-67-64(48-66(63)71)70-68(72(67,3)4)45-61(73(57-37-29-53(30-38-57)49-19-9-5-10-20-49)58-39-31-54(32-40-58)50-21-11-6-12-22-50)46-69(70)74(59-41-33-55(34-42-59)51-23-13-7-14-24-51)60-43-35-56(36-44-60)52-25-15-8-16-26-52/h5-48H,1-4H3. The van der Waals surface area contributed by atoms with Gasteiger partial charge in [0, 0.05) is 44.8 Å². The minimum atomic E-state index is -0.355. The van der Waals surface area contributed by atoms with Gasteiger partial charge in [0.2, 0.25) is 0 Å². The SMILES string of the molecule is CC1(C)c2ccccc2-c2cc3c(cc21)-c1c(N(c2ccc(-c4ccccc4)cc2)c2ccc(-c4ccccc4)cc2)cc(N(c2ccc(-c4ccccc4)cc2)c2ccc(-c4ccccc4)cc2)cc1C3(C)C. The van der Waals surface area contributed by atoms with E-state index in [9.17, 15) is 0 Å². The topological polar surface area (TPSA) is 6.48 Å². The fourth-order valence-electron chi connectivity index (χ4n) is 11.9. The molecule has 0 radical (unpaired) electrons. The Balaban J connectivity index is 1.07. The number of anilines is 6. The summed E-state index contributed by atoms with van der Waals surface area (Å²) >= 11 is 0. The number of nitrogens with zero attached hydrogens (tertiary/aromatic N) is 2. The van der Waals surface area contributed by atoms with E-state index in [0.717, 1.165) is 34.1 Å². The van der Waals surface area contributed by atoms with Crippen molar-refractivity contribution < 1.29 is 0 Å². The highest BCUT2D eigenvalue weighted by molar-refractivity contribution is 6.00. The molecule has 0 unspecified atom stereocenters. The summed E-state index contributed by atoms with van der Waals surface area (Å²) in [5.41, 5.74) is 26.2. The highest BCUT2D eigenvalue weighted by Gasteiger charge is 2.43. The van der Waals surface area contributed by atoms with E-state index >= 15 is 0 Å². The molecule has 0 saturated carbocycles. The van der Waals surface area contributed by atoms with Gasteiger partial charge in [-0.15, -0.1) is 0 Å². The molecule has 2 aliphatic rings. The molecule has 11 aromatic carbocycles. The summed E-state index contributed by atoms with van der Waals surface area (Å²) in [5, 5.41) is 0. The molecule has 11 aromatic rings. The smallest absolute Gasteiger partial charge is 0.0564 e. The second-order valence-electron chi connectivity index (χ2n) is 20.9. The van der Waals surface area contributed by atoms with Gasteiger partial charge >= 0.3 is 0 Å². The molecule has 354 valence electrons. The Labute approximate surface area is 436 Å². The second kappa shape index (κ2) is 17.9. The van der Waals surface area contributed by atoms with E-state index in [2.05, 4.69) is 304 Å². The first-order valence-corrected chi connectivity index (χ1v) is 25.9. The average molecular weight is 949 g/mol. The van der Waals surface area contributed by atoms with Crippen LogP contribution in [0.4, 0.5) is 34.1 Å². The summed E-state index contributed by atoms with van der Waals surface area (Å²) in [6.07, 6.45) is 0. The van der Waals surface area contributed by atoms with Crippen molar-refractivity contribution in [1.82, 2.24) is 0 Å². The molecule has 0 N–H and O–H groups in total. The van der Waals surface area contributed by atoms with E-state index in [-0.39, 0.29) is 10.8 Å². The van der Waals surface area contributed by atoms with Crippen molar-refractivity contribution >= 4 is 34.1 Å². The van der Waals surface area contributed by atoms with Crippen LogP contribution in [0.3, 0.4) is 0 Å². The number of benzene rings is 11. The minimum absolute atomic E-state index is 0.164. The Kier molecular flexibility index (Phi) is 10.9. The van der Waals surface area contributed by atoms with Crippen LogP contribution in [0.5, 0.6) is 0 Å². The van der Waals surface area contributed by atoms with Gasteiger partial charge < -0.3 is 9.80 Å². The number of hydrogen-bond acceptors (Lipinski definition) is 2. The summed E-state index contributed by atoms with van der Waals surface area (Å²) in [6, 6.07) is 98.3. The quantitative estimate of drug-likeness (QED) is 0.135. The zero-order valence-electron chi connectivity index (χ0n) is 42.3. The largest absolute Gasteiger partial charge is 0.310 e. The van der Waals surface area contributed by atoms with Crippen LogP contribution >= 0.6 is 0 Å². The molecular weight excluding hydrogens is 893 g/mol. The van der Waals surface area contributed by atoms with Gasteiger partial charge in [-0.2, -0.15) is 0 Å². The molecule has 2 aliphatic carbocycles. The maximum Gasteiger partial charge on any atom is 0.0564 e.